The Morgan fingerprint density at radius 2 is 0.800 bits per heavy atom. The Morgan fingerprint density at radius 1 is 0.454 bits per heavy atom. The van der Waals surface area contributed by atoms with E-state index in [-0.39, 0.29) is 40.9 Å². The average Bonchev–Trinajstić information content (AvgIpc) is 1.65. The number of alkyl halides is 1. The van der Waals surface area contributed by atoms with E-state index in [0.29, 0.717) is 63.8 Å². The molecule has 6 aliphatic rings. The first-order valence-electron chi connectivity index (χ1n) is 43.3. The Balaban J connectivity index is 0.000000123. The molecule has 28 nitrogen and oxygen atoms in total. The van der Waals surface area contributed by atoms with Crippen LogP contribution in [0.3, 0.4) is 0 Å². The molecule has 0 bridgehead atoms. The fraction of sp³-hybridized carbons (Fsp3) is 0.344. The van der Waals surface area contributed by atoms with E-state index in [1.807, 2.05) is 50.8 Å². The number of anilines is 2. The van der Waals surface area contributed by atoms with E-state index in [1.165, 1.54) is 178 Å². The highest BCUT2D eigenvalue weighted by atomic mass is 35.5. The number of hydrogen-bond acceptors (Lipinski definition) is 28. The van der Waals surface area contributed by atoms with Gasteiger partial charge in [-0.25, -0.2) is 17.6 Å². The number of carbonyl (C=O) groups is 1. The number of hydrogen-bond donors (Lipinski definition) is 3. The van der Waals surface area contributed by atoms with Crippen molar-refractivity contribution in [3.05, 3.63) is 209 Å². The number of nitrogen functional groups attached to an aromatic ring is 2. The Hall–Kier alpha value is -12.0. The molecule has 2 saturated carbocycles. The third-order valence-corrected chi connectivity index (χ3v) is 27.0. The molecule has 11 aromatic heterocycles. The molecule has 0 atom stereocenters. The van der Waals surface area contributed by atoms with Crippen molar-refractivity contribution < 1.29 is 46.2 Å². The third-order valence-electron chi connectivity index (χ3n) is 22.3. The number of aromatic nitrogens is 13. The SMILES string of the molecule is C#Cc1cc2nccc(Oc3ccc(N)cc3F)c2s1.ClCCN1CCCC1.NC1CC1.Nc1ccc(Oc2ccnc3cc(-c4cn(CCN5CCCC5)nn4)sc23)c(F)c1.O=C(Cc1ccc(Oc2ccnc3cc(-c4cn(CCN5CCCC5)nn4)sc23)c(F)c1)CC1CC1.O=[N+]([O-])c1ccc(Oc2ccnc3cc(-c4cn(CCN5CCCC5)nn4)sc23)c(F)c1. The highest BCUT2D eigenvalue weighted by Gasteiger charge is 2.27. The lowest BCUT2D eigenvalue weighted by Gasteiger charge is -2.13. The summed E-state index contributed by atoms with van der Waals surface area (Å²) in [7, 11) is 0. The first-order chi connectivity index (χ1) is 63.3. The van der Waals surface area contributed by atoms with Crippen molar-refractivity contribution in [2.45, 2.75) is 116 Å². The second-order valence-corrected chi connectivity index (χ2v) is 36.9. The lowest BCUT2D eigenvalue weighted by molar-refractivity contribution is -0.385. The molecule has 0 unspecified atom stereocenters. The van der Waals surface area contributed by atoms with Gasteiger partial charge in [-0.15, -0.1) is 78.7 Å². The Morgan fingerprint density at radius 3 is 1.14 bits per heavy atom. The number of fused-ring (bicyclic) bond motifs is 4. The van der Waals surface area contributed by atoms with Crippen LogP contribution >= 0.6 is 56.9 Å². The van der Waals surface area contributed by atoms with Crippen molar-refractivity contribution in [2.24, 2.45) is 11.7 Å². The molecule has 6 fully saturated rings. The first-order valence-corrected chi connectivity index (χ1v) is 47.1. The van der Waals surface area contributed by atoms with E-state index in [0.717, 1.165) is 169 Å². The number of thiophene rings is 4. The van der Waals surface area contributed by atoms with E-state index in [4.69, 9.17) is 54.2 Å². The van der Waals surface area contributed by atoms with Crippen LogP contribution < -0.4 is 36.1 Å². The van der Waals surface area contributed by atoms with Crippen LogP contribution in [-0.2, 0) is 30.8 Å². The van der Waals surface area contributed by atoms with Crippen LogP contribution in [0.2, 0.25) is 0 Å². The van der Waals surface area contributed by atoms with Crippen LogP contribution in [0.15, 0.2) is 165 Å². The number of rotatable bonds is 27. The Kier molecular flexibility index (Phi) is 30.6. The van der Waals surface area contributed by atoms with Gasteiger partial charge in [0.25, 0.3) is 5.69 Å². The lowest BCUT2D eigenvalue weighted by atomic mass is 10.0. The van der Waals surface area contributed by atoms with Crippen LogP contribution in [0, 0.1) is 51.6 Å². The molecule has 0 radical (unpaired) electrons. The second kappa shape index (κ2) is 43.6. The average molecular weight is 1860 g/mol. The number of benzene rings is 4. The highest BCUT2D eigenvalue weighted by Crippen LogP contribution is 2.44. The minimum Gasteiger partial charge on any atom is -0.453 e. The fourth-order valence-corrected chi connectivity index (χ4v) is 19.2. The number of Topliss-reactive ketones (excluding diaryl/α,β-unsaturated/α-hetero) is 1. The Labute approximate surface area is 768 Å². The number of terminal acetylenes is 1. The highest BCUT2D eigenvalue weighted by molar-refractivity contribution is 7.23. The lowest BCUT2D eigenvalue weighted by Crippen LogP contribution is -2.24. The van der Waals surface area contributed by atoms with Crippen LogP contribution in [0.4, 0.5) is 34.6 Å². The molecular formula is C93H96ClF4N21O7S4. The van der Waals surface area contributed by atoms with Gasteiger partial charge in [0.1, 0.15) is 45.9 Å². The van der Waals surface area contributed by atoms with Gasteiger partial charge in [-0.3, -0.25) is 48.9 Å². The van der Waals surface area contributed by atoms with Gasteiger partial charge >= 0.3 is 0 Å². The molecule has 21 rings (SSSR count). The molecule has 6 N–H and O–H groups in total. The summed E-state index contributed by atoms with van der Waals surface area (Å²) >= 11 is 11.3. The van der Waals surface area contributed by atoms with Crippen molar-refractivity contribution in [3.63, 3.8) is 0 Å². The molecule has 0 spiro atoms. The summed E-state index contributed by atoms with van der Waals surface area (Å²) in [4.78, 5) is 53.0. The van der Waals surface area contributed by atoms with Crippen LogP contribution in [0.5, 0.6) is 46.0 Å². The van der Waals surface area contributed by atoms with Gasteiger partial charge in [0.05, 0.1) is 110 Å². The quantitative estimate of drug-likeness (QED) is 0.0107. The summed E-state index contributed by atoms with van der Waals surface area (Å²) in [5.74, 6) is 4.05. The van der Waals surface area contributed by atoms with Crippen molar-refractivity contribution in [1.82, 2.24) is 84.5 Å². The zero-order valence-electron chi connectivity index (χ0n) is 71.2. The van der Waals surface area contributed by atoms with Gasteiger partial charge in [0.2, 0.25) is 0 Å². The van der Waals surface area contributed by atoms with Crippen molar-refractivity contribution in [1.29, 1.82) is 0 Å². The molecule has 674 valence electrons. The number of pyridine rings is 4. The maximum atomic E-state index is 14.8. The molecule has 4 saturated heterocycles. The molecule has 4 aliphatic heterocycles. The number of non-ortho nitro benzene ring substituents is 1. The molecule has 15 heterocycles. The van der Waals surface area contributed by atoms with Gasteiger partial charge in [-0.1, -0.05) is 27.6 Å². The summed E-state index contributed by atoms with van der Waals surface area (Å²) in [6, 6.07) is 31.7. The number of ketones is 1. The molecule has 130 heavy (non-hydrogen) atoms. The summed E-state index contributed by atoms with van der Waals surface area (Å²) < 4.78 is 88.9. The molecule has 37 heteroatoms. The molecule has 4 aromatic carbocycles. The summed E-state index contributed by atoms with van der Waals surface area (Å²) in [6.45, 7) is 15.9. The largest absolute Gasteiger partial charge is 0.453 e. The predicted molar refractivity (Wildman–Crippen MR) is 502 cm³/mol. The maximum absolute atomic E-state index is 14.8. The number of halogens is 5. The minimum atomic E-state index is -0.804. The van der Waals surface area contributed by atoms with Gasteiger partial charge in [0.15, 0.2) is 46.3 Å². The van der Waals surface area contributed by atoms with Gasteiger partial charge in [-0.2, -0.15) is 0 Å². The normalized spacial score (nSPS) is 15.1. The van der Waals surface area contributed by atoms with E-state index in [9.17, 15) is 32.5 Å². The zero-order valence-corrected chi connectivity index (χ0v) is 75.2. The maximum Gasteiger partial charge on any atom is 0.272 e. The first kappa shape index (κ1) is 91.3. The standard InChI is InChI=1S/C27H28FN5O2S.C21H19FN6O3S.C21H21FN6OS.C15H9FN2OS.C6H12ClN.C3H7N/c28-21-15-19(14-20(34)13-18-3-4-18)5-6-24(21)35-25-7-8-29-22-16-26(36-27(22)25)23-17-33(31-30-23)12-11-32-9-1-2-10-32;22-15-11-14(28(29)30)3-4-18(15)31-19-5-6-23-16-12-20(32-21(16)19)17-13-27(25-24-17)10-9-26-7-1-2-8-26;22-15-11-14(23)3-4-18(15)29-19-5-6-24-16-12-20(30-21(16)19)17-13-28(26-25-17)10-9-27-7-1-2-8-27;1-2-10-8-12-15(20-10)14(5-6-18-12)19-13-4-3-9(17)7-11(13)16;7-3-6-8-4-1-2-5-8;4-3-1-2-3/h5-8,15-18H,1-4,9-14H2;3-6,11-13H,1-2,7-10H2;3-6,11-13H,1-2,7-10,23H2;1,3-8H,17H2;1-6H2;3H,1-2,4H2. The molecule has 0 amide bonds. The smallest absolute Gasteiger partial charge is 0.272 e. The number of nitro groups is 1. The number of carbonyl (C=O) groups excluding carboxylic acids is 1. The van der Waals surface area contributed by atoms with E-state index >= 15 is 0 Å². The van der Waals surface area contributed by atoms with Crippen molar-refractivity contribution in [3.8, 4) is 90.1 Å². The zero-order chi connectivity index (χ0) is 90.0. The number of nitro benzene ring substituents is 1. The Bertz CT molecular complexity index is 6440. The molecule has 2 aliphatic carbocycles. The second-order valence-electron chi connectivity index (χ2n) is 32.3. The topological polar surface area (TPSA) is 332 Å². The van der Waals surface area contributed by atoms with Crippen LogP contribution in [0.25, 0.3) is 72.6 Å². The molecular weight excluding hydrogens is 1760 g/mol. The van der Waals surface area contributed by atoms with Crippen LogP contribution in [-0.4, -0.2) is 186 Å². The van der Waals surface area contributed by atoms with E-state index in [1.54, 1.807) is 79.4 Å². The number of likely N-dealkylation sites (tertiary alicyclic amines) is 4. The minimum absolute atomic E-state index is 0.0918. The molecule has 15 aromatic rings. The number of nitrogens with two attached hydrogens (primary N) is 3. The van der Waals surface area contributed by atoms with Crippen molar-refractivity contribution >= 4 is 121 Å². The number of nitrogens with zero attached hydrogens (tertiary/aromatic N) is 18. The third kappa shape index (κ3) is 24.7. The fourth-order valence-electron chi connectivity index (χ4n) is 15.0. The number of ether oxygens (including phenoxy) is 4. The van der Waals surface area contributed by atoms with Gasteiger partial charge in [0, 0.05) is 130 Å². The van der Waals surface area contributed by atoms with E-state index < -0.39 is 28.2 Å². The van der Waals surface area contributed by atoms with Gasteiger partial charge in [-0.05, 0) is 208 Å². The summed E-state index contributed by atoms with van der Waals surface area (Å²) in [5, 5.41) is 36.6. The monoisotopic (exact) mass is 1860 g/mol. The van der Waals surface area contributed by atoms with Crippen LogP contribution in [0.1, 0.15) is 93.9 Å². The van der Waals surface area contributed by atoms with Gasteiger partial charge < -0.3 is 55.7 Å². The van der Waals surface area contributed by atoms with E-state index in [2.05, 4.69) is 76.4 Å². The van der Waals surface area contributed by atoms with Crippen molar-refractivity contribution in [2.75, 3.05) is 95.9 Å². The summed E-state index contributed by atoms with van der Waals surface area (Å²) in [5.41, 5.74) is 22.7. The predicted octanol–water partition coefficient (Wildman–Crippen LogP) is 19.4. The summed E-state index contributed by atoms with van der Waals surface area (Å²) in [6.07, 6.45) is 33.7.